The van der Waals surface area contributed by atoms with E-state index in [0.717, 1.165) is 12.8 Å². The fraction of sp³-hybridized carbons (Fsp3) is 0.600. The largest absolute Gasteiger partial charge is 0.466 e. The lowest BCUT2D eigenvalue weighted by Crippen LogP contribution is -2.37. The van der Waals surface area contributed by atoms with Crippen LogP contribution in [-0.2, 0) is 25.5 Å². The Morgan fingerprint density at radius 1 is 0.960 bits per heavy atom. The number of ether oxygens (including phenoxy) is 2. The van der Waals surface area contributed by atoms with Gasteiger partial charge in [-0.2, -0.15) is 0 Å². The highest BCUT2D eigenvalue weighted by Gasteiger charge is 2.17. The fourth-order valence-electron chi connectivity index (χ4n) is 2.69. The summed E-state index contributed by atoms with van der Waals surface area (Å²) in [6.45, 7) is 7.72. The molecule has 1 rings (SSSR count). The average Bonchev–Trinajstić information content (AvgIpc) is 2.61. The van der Waals surface area contributed by atoms with Gasteiger partial charge in [0.1, 0.15) is 0 Å². The number of aryl methyl sites for hydroxylation is 1. The minimum atomic E-state index is -0.195. The van der Waals surface area contributed by atoms with Crippen LogP contribution in [0.15, 0.2) is 30.3 Å². The molecular formula is C20H31NO4. The molecule has 0 heterocycles. The maximum Gasteiger partial charge on any atom is 0.307 e. The zero-order chi connectivity index (χ0) is 18.5. The van der Waals surface area contributed by atoms with Gasteiger partial charge >= 0.3 is 11.9 Å². The Balaban J connectivity index is 2.54. The second kappa shape index (κ2) is 12.5. The molecule has 5 nitrogen and oxygen atoms in total. The van der Waals surface area contributed by atoms with Gasteiger partial charge in [0.05, 0.1) is 26.1 Å². The van der Waals surface area contributed by atoms with Gasteiger partial charge in [0.15, 0.2) is 0 Å². The van der Waals surface area contributed by atoms with Crippen LogP contribution in [-0.4, -0.2) is 49.2 Å². The standard InChI is InChI=1S/C20H31NO4/c1-4-24-19(22)13-15-21(16-14-20(23)25-5-2)17(3)11-12-18-9-7-6-8-10-18/h6-10,17H,4-5,11-16H2,1-3H3/t17-/m1/s1. The second-order valence-corrected chi connectivity index (χ2v) is 6.02. The SMILES string of the molecule is CCOC(=O)CCN(CCC(=O)OCC)[C@H](C)CCc1ccccc1. The highest BCUT2D eigenvalue weighted by molar-refractivity contribution is 5.70. The number of carbonyl (C=O) groups excluding carboxylic acids is 2. The average molecular weight is 349 g/mol. The Bertz CT molecular complexity index is 482. The molecule has 0 aromatic heterocycles. The summed E-state index contributed by atoms with van der Waals surface area (Å²) in [7, 11) is 0. The number of rotatable bonds is 12. The molecule has 1 aromatic carbocycles. The van der Waals surface area contributed by atoms with E-state index in [9.17, 15) is 9.59 Å². The van der Waals surface area contributed by atoms with E-state index in [4.69, 9.17) is 9.47 Å². The van der Waals surface area contributed by atoms with Crippen molar-refractivity contribution in [3.05, 3.63) is 35.9 Å². The van der Waals surface area contributed by atoms with E-state index in [1.54, 1.807) is 13.8 Å². The summed E-state index contributed by atoms with van der Waals surface area (Å²) in [6.07, 6.45) is 2.62. The maximum atomic E-state index is 11.6. The second-order valence-electron chi connectivity index (χ2n) is 6.02. The Hall–Kier alpha value is -1.88. The predicted molar refractivity (Wildman–Crippen MR) is 98.3 cm³/mol. The van der Waals surface area contributed by atoms with Crippen LogP contribution >= 0.6 is 0 Å². The van der Waals surface area contributed by atoms with Crippen LogP contribution in [0.5, 0.6) is 0 Å². The van der Waals surface area contributed by atoms with Gasteiger partial charge in [0, 0.05) is 19.1 Å². The van der Waals surface area contributed by atoms with Gasteiger partial charge in [0.25, 0.3) is 0 Å². The lowest BCUT2D eigenvalue weighted by Gasteiger charge is -2.28. The van der Waals surface area contributed by atoms with Crippen molar-refractivity contribution >= 4 is 11.9 Å². The van der Waals surface area contributed by atoms with Crippen molar-refractivity contribution in [2.75, 3.05) is 26.3 Å². The predicted octanol–water partition coefficient (Wildman–Crippen LogP) is 3.22. The number of benzene rings is 1. The molecule has 0 aliphatic carbocycles. The Morgan fingerprint density at radius 2 is 1.48 bits per heavy atom. The molecule has 25 heavy (non-hydrogen) atoms. The third-order valence-corrected chi connectivity index (χ3v) is 4.13. The van der Waals surface area contributed by atoms with Crippen LogP contribution in [0.3, 0.4) is 0 Å². The van der Waals surface area contributed by atoms with Crippen molar-refractivity contribution < 1.29 is 19.1 Å². The van der Waals surface area contributed by atoms with Crippen LogP contribution in [0.4, 0.5) is 0 Å². The van der Waals surface area contributed by atoms with Crippen LogP contribution in [0.25, 0.3) is 0 Å². The summed E-state index contributed by atoms with van der Waals surface area (Å²) in [6, 6.07) is 10.6. The Labute approximate surface area is 151 Å². The van der Waals surface area contributed by atoms with E-state index in [2.05, 4.69) is 24.0 Å². The minimum Gasteiger partial charge on any atom is -0.466 e. The summed E-state index contributed by atoms with van der Waals surface area (Å²) in [5.41, 5.74) is 1.30. The number of hydrogen-bond donors (Lipinski definition) is 0. The first-order chi connectivity index (χ1) is 12.1. The smallest absolute Gasteiger partial charge is 0.307 e. The summed E-state index contributed by atoms with van der Waals surface area (Å²) >= 11 is 0. The molecular weight excluding hydrogens is 318 g/mol. The van der Waals surface area contributed by atoms with Gasteiger partial charge < -0.3 is 9.47 Å². The van der Waals surface area contributed by atoms with Gasteiger partial charge in [-0.1, -0.05) is 30.3 Å². The summed E-state index contributed by atoms with van der Waals surface area (Å²) in [4.78, 5) is 25.5. The molecule has 0 amide bonds. The van der Waals surface area contributed by atoms with Gasteiger partial charge in [0.2, 0.25) is 0 Å². The van der Waals surface area contributed by atoms with Crippen molar-refractivity contribution in [2.24, 2.45) is 0 Å². The highest BCUT2D eigenvalue weighted by atomic mass is 16.5. The number of nitrogens with zero attached hydrogens (tertiary/aromatic N) is 1. The monoisotopic (exact) mass is 349 g/mol. The van der Waals surface area contributed by atoms with Crippen LogP contribution in [0.2, 0.25) is 0 Å². The molecule has 0 aliphatic heterocycles. The number of esters is 2. The number of carbonyl (C=O) groups is 2. The van der Waals surface area contributed by atoms with Gasteiger partial charge in [-0.05, 0) is 39.2 Å². The van der Waals surface area contributed by atoms with Crippen molar-refractivity contribution in [2.45, 2.75) is 52.5 Å². The summed E-state index contributed by atoms with van der Waals surface area (Å²) in [5.74, 6) is -0.391. The van der Waals surface area contributed by atoms with Crippen molar-refractivity contribution in [1.29, 1.82) is 0 Å². The molecule has 0 saturated heterocycles. The molecule has 0 bridgehead atoms. The molecule has 5 heteroatoms. The molecule has 0 saturated carbocycles. The van der Waals surface area contributed by atoms with E-state index in [1.165, 1.54) is 5.56 Å². The molecule has 1 aromatic rings. The first-order valence-electron chi connectivity index (χ1n) is 9.16. The van der Waals surface area contributed by atoms with Gasteiger partial charge in [-0.3, -0.25) is 14.5 Å². The highest BCUT2D eigenvalue weighted by Crippen LogP contribution is 2.12. The van der Waals surface area contributed by atoms with E-state index < -0.39 is 0 Å². The normalized spacial score (nSPS) is 12.0. The van der Waals surface area contributed by atoms with Crippen LogP contribution in [0, 0.1) is 0 Å². The van der Waals surface area contributed by atoms with E-state index in [-0.39, 0.29) is 18.0 Å². The zero-order valence-electron chi connectivity index (χ0n) is 15.7. The summed E-state index contributed by atoms with van der Waals surface area (Å²) in [5, 5.41) is 0. The zero-order valence-corrected chi connectivity index (χ0v) is 15.7. The van der Waals surface area contributed by atoms with E-state index in [0.29, 0.717) is 39.1 Å². The van der Waals surface area contributed by atoms with Gasteiger partial charge in [-0.15, -0.1) is 0 Å². The van der Waals surface area contributed by atoms with Crippen molar-refractivity contribution in [3.63, 3.8) is 0 Å². The maximum absolute atomic E-state index is 11.6. The molecule has 0 N–H and O–H groups in total. The van der Waals surface area contributed by atoms with Gasteiger partial charge in [-0.25, -0.2) is 0 Å². The molecule has 1 atom stereocenters. The Morgan fingerprint density at radius 3 is 1.96 bits per heavy atom. The lowest BCUT2D eigenvalue weighted by molar-refractivity contribution is -0.143. The van der Waals surface area contributed by atoms with E-state index in [1.807, 2.05) is 18.2 Å². The minimum absolute atomic E-state index is 0.195. The summed E-state index contributed by atoms with van der Waals surface area (Å²) < 4.78 is 10.0. The first kappa shape index (κ1) is 21.2. The molecule has 0 unspecified atom stereocenters. The molecule has 140 valence electrons. The first-order valence-corrected chi connectivity index (χ1v) is 9.16. The van der Waals surface area contributed by atoms with Crippen molar-refractivity contribution in [1.82, 2.24) is 4.90 Å². The van der Waals surface area contributed by atoms with Crippen LogP contribution in [0.1, 0.15) is 45.6 Å². The molecule has 0 spiro atoms. The van der Waals surface area contributed by atoms with Crippen molar-refractivity contribution in [3.8, 4) is 0 Å². The van der Waals surface area contributed by atoms with Crippen LogP contribution < -0.4 is 0 Å². The Kier molecular flexibility index (Phi) is 10.6. The topological polar surface area (TPSA) is 55.8 Å². The number of hydrogen-bond acceptors (Lipinski definition) is 5. The lowest BCUT2D eigenvalue weighted by atomic mass is 10.0. The molecule has 0 radical (unpaired) electrons. The third kappa shape index (κ3) is 9.25. The molecule has 0 aliphatic rings. The quantitative estimate of drug-likeness (QED) is 0.542. The fourth-order valence-corrected chi connectivity index (χ4v) is 2.69. The van der Waals surface area contributed by atoms with E-state index >= 15 is 0 Å². The third-order valence-electron chi connectivity index (χ3n) is 4.13. The molecule has 0 fully saturated rings.